The molecule has 0 amide bonds. The molecule has 198 valence electrons. The second-order valence-electron chi connectivity index (χ2n) is 8.63. The van der Waals surface area contributed by atoms with Crippen LogP contribution in [0.5, 0.6) is 46.0 Å². The highest BCUT2D eigenvalue weighted by molar-refractivity contribution is 5.98. The molecule has 0 spiro atoms. The summed E-state index contributed by atoms with van der Waals surface area (Å²) in [5.41, 5.74) is 2.67. The largest absolute Gasteiger partial charge is 0.504 e. The van der Waals surface area contributed by atoms with Crippen molar-refractivity contribution in [2.75, 3.05) is 0 Å². The number of carbonyl (C=O) groups excluding carboxylic acids is 1. The first-order valence-electron chi connectivity index (χ1n) is 11.6. The van der Waals surface area contributed by atoms with E-state index in [4.69, 9.17) is 10.2 Å². The molecule has 8 N–H and O–H groups in total. The molecule has 0 heterocycles. The van der Waals surface area contributed by atoms with Gasteiger partial charge in [-0.2, -0.15) is 0 Å². The Morgan fingerprint density at radius 2 is 0.816 bits per heavy atom. The number of hydrogen-bond acceptors (Lipinski definition) is 9. The summed E-state index contributed by atoms with van der Waals surface area (Å²) in [6.45, 7) is 0. The van der Waals surface area contributed by atoms with Crippen molar-refractivity contribution >= 4 is 5.78 Å². The van der Waals surface area contributed by atoms with Crippen molar-refractivity contribution in [2.24, 2.45) is 0 Å². The van der Waals surface area contributed by atoms with Gasteiger partial charge in [0.25, 0.3) is 0 Å². The van der Waals surface area contributed by atoms with Gasteiger partial charge in [0.05, 0.1) is 0 Å². The maximum atomic E-state index is 11.9. The van der Waals surface area contributed by atoms with E-state index in [9.17, 15) is 35.4 Å². The number of benzene rings is 4. The molecule has 0 fully saturated rings. The van der Waals surface area contributed by atoms with Crippen molar-refractivity contribution in [2.45, 2.75) is 25.7 Å². The van der Waals surface area contributed by atoms with Crippen LogP contribution in [0.15, 0.2) is 72.8 Å². The van der Waals surface area contributed by atoms with Gasteiger partial charge in [-0.25, -0.2) is 0 Å². The van der Waals surface area contributed by atoms with E-state index in [0.717, 1.165) is 30.4 Å². The molecule has 0 saturated carbocycles. The molecule has 0 bridgehead atoms. The van der Waals surface area contributed by atoms with Crippen LogP contribution in [-0.2, 0) is 19.3 Å². The second kappa shape index (κ2) is 12.3. The monoisotopic (exact) mass is 520 g/mol. The third kappa shape index (κ3) is 7.47. The molecule has 0 aromatic heterocycles. The minimum absolute atomic E-state index is 0.0120. The van der Waals surface area contributed by atoms with Crippen molar-refractivity contribution in [1.82, 2.24) is 0 Å². The predicted molar refractivity (Wildman–Crippen MR) is 139 cm³/mol. The summed E-state index contributed by atoms with van der Waals surface area (Å²) in [4.78, 5) is 11.9. The maximum absolute atomic E-state index is 11.9. The lowest BCUT2D eigenvalue weighted by atomic mass is 10.0. The summed E-state index contributed by atoms with van der Waals surface area (Å²) < 4.78 is 0. The Hall–Kier alpha value is -5.05. The molecule has 0 atom stereocenters. The van der Waals surface area contributed by atoms with E-state index in [2.05, 4.69) is 0 Å². The van der Waals surface area contributed by atoms with Crippen molar-refractivity contribution in [3.8, 4) is 46.0 Å². The van der Waals surface area contributed by atoms with Gasteiger partial charge >= 0.3 is 0 Å². The molecule has 0 unspecified atom stereocenters. The topological polar surface area (TPSA) is 179 Å². The van der Waals surface area contributed by atoms with Crippen LogP contribution < -0.4 is 0 Å². The van der Waals surface area contributed by atoms with Crippen molar-refractivity contribution < 1.29 is 45.6 Å². The molecule has 4 aromatic carbocycles. The van der Waals surface area contributed by atoms with Crippen molar-refractivity contribution in [3.05, 3.63) is 95.1 Å². The summed E-state index contributed by atoms with van der Waals surface area (Å²) in [5, 5.41) is 74.1. The summed E-state index contributed by atoms with van der Waals surface area (Å²) in [5.74, 6) is -1.94. The molecule has 0 radical (unpaired) electrons. The van der Waals surface area contributed by atoms with Crippen LogP contribution in [0.3, 0.4) is 0 Å². The Bertz CT molecular complexity index is 1380. The van der Waals surface area contributed by atoms with E-state index in [0.29, 0.717) is 5.56 Å². The lowest BCUT2D eigenvalue weighted by molar-refractivity contribution is 0.0992. The first kappa shape index (κ1) is 27.5. The summed E-state index contributed by atoms with van der Waals surface area (Å²) in [6, 6.07) is 17.5. The van der Waals surface area contributed by atoms with E-state index in [-0.39, 0.29) is 63.8 Å². The van der Waals surface area contributed by atoms with Crippen LogP contribution in [0.25, 0.3) is 0 Å². The van der Waals surface area contributed by atoms with Gasteiger partial charge < -0.3 is 40.9 Å². The molecule has 0 aliphatic rings. The van der Waals surface area contributed by atoms with Crippen LogP contribution in [-0.4, -0.2) is 46.6 Å². The number of Topliss-reactive ketones (excluding diaryl/α,β-unsaturated/α-hetero) is 1. The smallest absolute Gasteiger partial charge is 0.167 e. The Morgan fingerprint density at radius 1 is 0.447 bits per heavy atom. The van der Waals surface area contributed by atoms with E-state index in [1.807, 2.05) is 0 Å². The van der Waals surface area contributed by atoms with E-state index in [1.54, 1.807) is 24.3 Å². The highest BCUT2D eigenvalue weighted by Gasteiger charge is 2.11. The van der Waals surface area contributed by atoms with Crippen LogP contribution in [0.1, 0.15) is 33.5 Å². The summed E-state index contributed by atoms with van der Waals surface area (Å²) in [6.07, 6.45) is 2.37. The zero-order valence-corrected chi connectivity index (χ0v) is 20.2. The lowest BCUT2D eigenvalue weighted by Gasteiger charge is -2.05. The highest BCUT2D eigenvalue weighted by atomic mass is 16.3. The van der Waals surface area contributed by atoms with Gasteiger partial charge in [0, 0.05) is 12.0 Å². The number of ketones is 1. The molecule has 38 heavy (non-hydrogen) atoms. The van der Waals surface area contributed by atoms with Crippen LogP contribution in [0, 0.1) is 0 Å². The quantitative estimate of drug-likeness (QED) is 0.127. The molecular weight excluding hydrogens is 492 g/mol. The minimum Gasteiger partial charge on any atom is -0.504 e. The fraction of sp³-hybridized carbons (Fsp3) is 0.138. The fourth-order valence-corrected chi connectivity index (χ4v) is 3.61. The van der Waals surface area contributed by atoms with Gasteiger partial charge in [0.2, 0.25) is 0 Å². The molecule has 4 rings (SSSR count). The Morgan fingerprint density at radius 3 is 1.24 bits per heavy atom. The first-order valence-corrected chi connectivity index (χ1v) is 11.6. The number of phenolic OH excluding ortho intramolecular Hbond substituents is 8. The van der Waals surface area contributed by atoms with E-state index >= 15 is 0 Å². The lowest BCUT2D eigenvalue weighted by Crippen LogP contribution is -2.03. The minimum atomic E-state index is -0.362. The average Bonchev–Trinajstić information content (AvgIpc) is 2.88. The number of carbonyl (C=O) groups is 1. The third-order valence-corrected chi connectivity index (χ3v) is 5.71. The molecule has 9 nitrogen and oxygen atoms in total. The Kier molecular flexibility index (Phi) is 8.89. The van der Waals surface area contributed by atoms with Crippen LogP contribution >= 0.6 is 0 Å². The van der Waals surface area contributed by atoms with Crippen LogP contribution in [0.4, 0.5) is 0 Å². The molecule has 0 aliphatic heterocycles. The van der Waals surface area contributed by atoms with Gasteiger partial charge in [-0.1, -0.05) is 18.2 Å². The van der Waals surface area contributed by atoms with Crippen LogP contribution in [0.2, 0.25) is 0 Å². The molecular formula is C29H28O9. The van der Waals surface area contributed by atoms with E-state index in [1.165, 1.54) is 48.5 Å². The molecule has 9 heteroatoms. The average molecular weight is 521 g/mol. The summed E-state index contributed by atoms with van der Waals surface area (Å²) >= 11 is 0. The predicted octanol–water partition coefficient (Wildman–Crippen LogP) is 4.62. The van der Waals surface area contributed by atoms with Gasteiger partial charge in [-0.3, -0.25) is 4.79 Å². The Labute approximate surface area is 218 Å². The number of aromatic hydroxyl groups is 8. The standard InChI is InChI=1S/C15H16O4.C14H12O5/c16-12-6-4-10(8-14(12)18)2-1-3-11-5-7-13(17)15(19)9-11;15-10-3-1-8(6-13(10)18)5-12(17)9-2-4-11(16)14(19)7-9/h4-9,16-19H,1-3H2;1-4,6-7,15-16,18-19H,5H2. The molecule has 4 aromatic rings. The van der Waals surface area contributed by atoms with Crippen molar-refractivity contribution in [1.29, 1.82) is 0 Å². The number of aryl methyl sites for hydroxylation is 2. The Balaban J connectivity index is 0.000000211. The zero-order chi connectivity index (χ0) is 27.8. The van der Waals surface area contributed by atoms with Gasteiger partial charge in [-0.05, 0) is 90.6 Å². The zero-order valence-electron chi connectivity index (χ0n) is 20.2. The number of rotatable bonds is 7. The maximum Gasteiger partial charge on any atom is 0.167 e. The van der Waals surface area contributed by atoms with Gasteiger partial charge in [0.1, 0.15) is 0 Å². The number of phenols is 8. The van der Waals surface area contributed by atoms with Gasteiger partial charge in [-0.15, -0.1) is 0 Å². The third-order valence-electron chi connectivity index (χ3n) is 5.71. The van der Waals surface area contributed by atoms with Crippen molar-refractivity contribution in [3.63, 3.8) is 0 Å². The second-order valence-corrected chi connectivity index (χ2v) is 8.63. The SMILES string of the molecule is O=C(Cc1ccc(O)c(O)c1)c1ccc(O)c(O)c1.Oc1ccc(CCCc2ccc(O)c(O)c2)cc1O. The normalized spacial score (nSPS) is 10.4. The molecule has 0 aliphatic carbocycles. The van der Waals surface area contributed by atoms with Gasteiger partial charge in [0.15, 0.2) is 51.8 Å². The molecule has 0 saturated heterocycles. The van der Waals surface area contributed by atoms with E-state index < -0.39 is 0 Å². The fourth-order valence-electron chi connectivity index (χ4n) is 3.61. The first-order chi connectivity index (χ1) is 18.0. The highest BCUT2D eigenvalue weighted by Crippen LogP contribution is 2.29. The number of hydrogen-bond donors (Lipinski definition) is 8. The summed E-state index contributed by atoms with van der Waals surface area (Å²) in [7, 11) is 0.